The van der Waals surface area contributed by atoms with Gasteiger partial charge in [0.25, 0.3) is 0 Å². The van der Waals surface area contributed by atoms with E-state index in [1.807, 2.05) is 18.2 Å². The molecule has 1 aromatic carbocycles. The molecular weight excluding hydrogens is 250 g/mol. The van der Waals surface area contributed by atoms with Gasteiger partial charge in [0.15, 0.2) is 0 Å². The molecule has 108 valence electrons. The Morgan fingerprint density at radius 3 is 2.45 bits per heavy atom. The molecule has 0 radical (unpaired) electrons. The SMILES string of the molecule is CC(=O)O/N=C(\CCC=C(C)C)CCc1ccccc1. The van der Waals surface area contributed by atoms with E-state index in [1.54, 1.807) is 0 Å². The molecule has 0 aliphatic rings. The highest BCUT2D eigenvalue weighted by atomic mass is 16.7. The molecule has 0 amide bonds. The molecule has 0 aliphatic heterocycles. The summed E-state index contributed by atoms with van der Waals surface area (Å²) >= 11 is 0. The fourth-order valence-corrected chi connectivity index (χ4v) is 1.81. The van der Waals surface area contributed by atoms with E-state index >= 15 is 0 Å². The number of benzene rings is 1. The summed E-state index contributed by atoms with van der Waals surface area (Å²) < 4.78 is 0. The first-order valence-electron chi connectivity index (χ1n) is 6.98. The predicted molar refractivity (Wildman–Crippen MR) is 82.6 cm³/mol. The molecule has 0 spiro atoms. The van der Waals surface area contributed by atoms with Gasteiger partial charge in [-0.2, -0.15) is 0 Å². The average Bonchev–Trinajstić information content (AvgIpc) is 2.42. The van der Waals surface area contributed by atoms with Crippen LogP contribution in [0.1, 0.15) is 45.6 Å². The maximum Gasteiger partial charge on any atom is 0.331 e. The summed E-state index contributed by atoms with van der Waals surface area (Å²) in [4.78, 5) is 15.6. The molecular formula is C17H23NO2. The van der Waals surface area contributed by atoms with Crippen LogP contribution in [0.2, 0.25) is 0 Å². The van der Waals surface area contributed by atoms with Crippen LogP contribution in [0.5, 0.6) is 0 Å². The Morgan fingerprint density at radius 1 is 1.15 bits per heavy atom. The van der Waals surface area contributed by atoms with E-state index in [0.29, 0.717) is 0 Å². The molecule has 1 aromatic rings. The summed E-state index contributed by atoms with van der Waals surface area (Å²) in [5.74, 6) is -0.371. The van der Waals surface area contributed by atoms with Gasteiger partial charge in [-0.05, 0) is 45.1 Å². The lowest BCUT2D eigenvalue weighted by Crippen LogP contribution is -2.04. The van der Waals surface area contributed by atoms with Crippen molar-refractivity contribution in [1.29, 1.82) is 0 Å². The number of allylic oxidation sites excluding steroid dienone is 2. The van der Waals surface area contributed by atoms with Gasteiger partial charge in [0, 0.05) is 6.92 Å². The van der Waals surface area contributed by atoms with E-state index in [9.17, 15) is 4.79 Å². The maximum absolute atomic E-state index is 10.9. The van der Waals surface area contributed by atoms with E-state index in [0.717, 1.165) is 31.4 Å². The highest BCUT2D eigenvalue weighted by Crippen LogP contribution is 2.08. The van der Waals surface area contributed by atoms with Gasteiger partial charge in [-0.15, -0.1) is 0 Å². The fraction of sp³-hybridized carbons (Fsp3) is 0.412. The van der Waals surface area contributed by atoms with Gasteiger partial charge in [0.2, 0.25) is 0 Å². The fourth-order valence-electron chi connectivity index (χ4n) is 1.81. The number of hydrogen-bond donors (Lipinski definition) is 0. The van der Waals surface area contributed by atoms with E-state index in [4.69, 9.17) is 4.84 Å². The van der Waals surface area contributed by atoms with E-state index in [1.165, 1.54) is 18.1 Å². The maximum atomic E-state index is 10.9. The van der Waals surface area contributed by atoms with Crippen LogP contribution in [0.4, 0.5) is 0 Å². The second kappa shape index (κ2) is 9.08. The normalized spacial score (nSPS) is 11.1. The summed E-state index contributed by atoms with van der Waals surface area (Å²) in [6.45, 7) is 5.52. The van der Waals surface area contributed by atoms with Gasteiger partial charge in [0.1, 0.15) is 0 Å². The molecule has 0 atom stereocenters. The summed E-state index contributed by atoms with van der Waals surface area (Å²) in [5.41, 5.74) is 3.49. The molecule has 0 N–H and O–H groups in total. The van der Waals surface area contributed by atoms with Crippen molar-refractivity contribution in [2.24, 2.45) is 5.16 Å². The van der Waals surface area contributed by atoms with Crippen molar-refractivity contribution in [1.82, 2.24) is 0 Å². The van der Waals surface area contributed by atoms with Crippen LogP contribution in [-0.4, -0.2) is 11.7 Å². The van der Waals surface area contributed by atoms with Gasteiger partial charge in [0.05, 0.1) is 5.71 Å². The number of carbonyl (C=O) groups excluding carboxylic acids is 1. The van der Waals surface area contributed by atoms with Crippen molar-refractivity contribution in [3.05, 3.63) is 47.5 Å². The quantitative estimate of drug-likeness (QED) is 0.322. The molecule has 3 nitrogen and oxygen atoms in total. The van der Waals surface area contributed by atoms with Crippen LogP contribution in [0.25, 0.3) is 0 Å². The van der Waals surface area contributed by atoms with Crippen molar-refractivity contribution in [3.8, 4) is 0 Å². The monoisotopic (exact) mass is 273 g/mol. The molecule has 0 fully saturated rings. The average molecular weight is 273 g/mol. The minimum atomic E-state index is -0.371. The lowest BCUT2D eigenvalue weighted by atomic mass is 10.0. The van der Waals surface area contributed by atoms with E-state index in [2.05, 4.69) is 37.2 Å². The van der Waals surface area contributed by atoms with Gasteiger partial charge >= 0.3 is 5.97 Å². The van der Waals surface area contributed by atoms with Crippen molar-refractivity contribution in [2.75, 3.05) is 0 Å². The summed E-state index contributed by atoms with van der Waals surface area (Å²) in [6.07, 6.45) is 5.65. The Labute approximate surface area is 121 Å². The highest BCUT2D eigenvalue weighted by molar-refractivity contribution is 5.85. The van der Waals surface area contributed by atoms with Crippen LogP contribution in [-0.2, 0) is 16.1 Å². The van der Waals surface area contributed by atoms with Crippen molar-refractivity contribution in [2.45, 2.75) is 46.5 Å². The van der Waals surface area contributed by atoms with Crippen LogP contribution < -0.4 is 0 Å². The van der Waals surface area contributed by atoms with Crippen molar-refractivity contribution < 1.29 is 9.63 Å². The van der Waals surface area contributed by atoms with Gasteiger partial charge in [-0.25, -0.2) is 4.79 Å². The zero-order valence-corrected chi connectivity index (χ0v) is 12.6. The molecule has 20 heavy (non-hydrogen) atoms. The predicted octanol–water partition coefficient (Wildman–Crippen LogP) is 4.28. The molecule has 1 rings (SSSR count). The standard InChI is InChI=1S/C17H23NO2/c1-14(2)8-7-11-17(18-20-15(3)19)13-12-16-9-5-4-6-10-16/h4-6,8-10H,7,11-13H2,1-3H3/b18-17+. The number of oxime groups is 1. The zero-order valence-electron chi connectivity index (χ0n) is 12.6. The Balaban J connectivity index is 2.55. The molecule has 0 saturated carbocycles. The Bertz CT molecular complexity index is 471. The first-order chi connectivity index (χ1) is 9.58. The summed E-state index contributed by atoms with van der Waals surface area (Å²) in [5, 5.41) is 3.97. The third-order valence-corrected chi connectivity index (χ3v) is 2.83. The van der Waals surface area contributed by atoms with E-state index < -0.39 is 0 Å². The number of nitrogens with zero attached hydrogens (tertiary/aromatic N) is 1. The first-order valence-corrected chi connectivity index (χ1v) is 6.98. The molecule has 3 heteroatoms. The van der Waals surface area contributed by atoms with Crippen LogP contribution >= 0.6 is 0 Å². The minimum Gasteiger partial charge on any atom is -0.319 e. The Morgan fingerprint density at radius 2 is 1.85 bits per heavy atom. The number of carbonyl (C=O) groups is 1. The molecule has 0 heterocycles. The number of aryl methyl sites for hydroxylation is 1. The summed E-state index contributed by atoms with van der Waals surface area (Å²) in [7, 11) is 0. The second-order valence-electron chi connectivity index (χ2n) is 5.05. The molecule has 0 unspecified atom stereocenters. The first kappa shape index (κ1) is 16.2. The van der Waals surface area contributed by atoms with Gasteiger partial charge < -0.3 is 4.84 Å². The topological polar surface area (TPSA) is 38.7 Å². The minimum absolute atomic E-state index is 0.371. The van der Waals surface area contributed by atoms with Crippen LogP contribution in [0, 0.1) is 0 Å². The van der Waals surface area contributed by atoms with Gasteiger partial charge in [-0.1, -0.05) is 47.1 Å². The lowest BCUT2D eigenvalue weighted by Gasteiger charge is -2.05. The Hall–Kier alpha value is -1.90. The number of hydrogen-bond acceptors (Lipinski definition) is 3. The third kappa shape index (κ3) is 7.52. The van der Waals surface area contributed by atoms with Crippen LogP contribution in [0.15, 0.2) is 47.1 Å². The molecule has 0 bridgehead atoms. The lowest BCUT2D eigenvalue weighted by molar-refractivity contribution is -0.140. The second-order valence-corrected chi connectivity index (χ2v) is 5.05. The third-order valence-electron chi connectivity index (χ3n) is 2.83. The van der Waals surface area contributed by atoms with Gasteiger partial charge in [-0.3, -0.25) is 0 Å². The number of rotatable bonds is 7. The summed E-state index contributed by atoms with van der Waals surface area (Å²) in [6, 6.07) is 10.3. The smallest absolute Gasteiger partial charge is 0.319 e. The van der Waals surface area contributed by atoms with Crippen molar-refractivity contribution in [3.63, 3.8) is 0 Å². The highest BCUT2D eigenvalue weighted by Gasteiger charge is 2.03. The molecule has 0 saturated heterocycles. The largest absolute Gasteiger partial charge is 0.331 e. The molecule has 0 aromatic heterocycles. The van der Waals surface area contributed by atoms with Crippen molar-refractivity contribution >= 4 is 11.7 Å². The Kier molecular flexibility index (Phi) is 7.33. The van der Waals surface area contributed by atoms with E-state index in [-0.39, 0.29) is 5.97 Å². The van der Waals surface area contributed by atoms with Crippen LogP contribution in [0.3, 0.4) is 0 Å². The zero-order chi connectivity index (χ0) is 14.8. The molecule has 0 aliphatic carbocycles.